The highest BCUT2D eigenvalue weighted by Gasteiger charge is 2.20. The predicted molar refractivity (Wildman–Crippen MR) is 97.5 cm³/mol. The summed E-state index contributed by atoms with van der Waals surface area (Å²) in [6.45, 7) is 11.5. The van der Waals surface area contributed by atoms with Crippen LogP contribution in [-0.2, 0) is 0 Å². The van der Waals surface area contributed by atoms with E-state index in [4.69, 9.17) is 0 Å². The van der Waals surface area contributed by atoms with E-state index in [1.54, 1.807) is 24.4 Å². The van der Waals surface area contributed by atoms with Crippen LogP contribution in [0.1, 0.15) is 52.9 Å². The Morgan fingerprint density at radius 3 is 1.88 bits per heavy atom. The maximum atomic E-state index is 10.3. The van der Waals surface area contributed by atoms with Crippen LogP contribution < -0.4 is 0 Å². The van der Waals surface area contributed by atoms with E-state index in [0.29, 0.717) is 22.6 Å². The topological polar surface area (TPSA) is 79.1 Å². The zero-order chi connectivity index (χ0) is 18.1. The molecule has 0 amide bonds. The van der Waals surface area contributed by atoms with E-state index in [2.05, 4.69) is 15.0 Å². The van der Waals surface area contributed by atoms with Crippen molar-refractivity contribution in [1.29, 1.82) is 0 Å². The first-order chi connectivity index (χ1) is 11.0. The van der Waals surface area contributed by atoms with Crippen molar-refractivity contribution < 1.29 is 10.2 Å². The Kier molecular flexibility index (Phi) is 4.65. The summed E-state index contributed by atoms with van der Waals surface area (Å²) in [5, 5.41) is 20.6. The minimum atomic E-state index is -0.409. The molecule has 2 N–H and O–H groups in total. The molecule has 2 rings (SSSR count). The van der Waals surface area contributed by atoms with Crippen molar-refractivity contribution in [2.24, 2.45) is 10.8 Å². The molecule has 2 heterocycles. The molecule has 0 aliphatic carbocycles. The van der Waals surface area contributed by atoms with Crippen LogP contribution in [0.5, 0.6) is 0 Å². The molecule has 2 aromatic rings. The van der Waals surface area contributed by atoms with Gasteiger partial charge in [0.2, 0.25) is 0 Å². The van der Waals surface area contributed by atoms with Crippen LogP contribution in [0.25, 0.3) is 23.3 Å². The summed E-state index contributed by atoms with van der Waals surface area (Å²) in [5.41, 5.74) is 1.30. The molecular formula is C19H25N3O2. The molecule has 5 heteroatoms. The first-order valence-electron chi connectivity index (χ1n) is 7.93. The third-order valence-electron chi connectivity index (χ3n) is 3.58. The smallest absolute Gasteiger partial charge is 0.178 e. The van der Waals surface area contributed by atoms with Crippen molar-refractivity contribution in [3.8, 4) is 0 Å². The Bertz CT molecular complexity index is 741. The largest absolute Gasteiger partial charge is 0.512 e. The summed E-state index contributed by atoms with van der Waals surface area (Å²) >= 11 is 0. The van der Waals surface area contributed by atoms with Crippen LogP contribution in [0.3, 0.4) is 0 Å². The van der Waals surface area contributed by atoms with E-state index in [1.165, 1.54) is 0 Å². The van der Waals surface area contributed by atoms with Gasteiger partial charge in [-0.1, -0.05) is 41.5 Å². The molecule has 0 fully saturated rings. The molecule has 24 heavy (non-hydrogen) atoms. The van der Waals surface area contributed by atoms with Crippen molar-refractivity contribution in [3.05, 3.63) is 41.2 Å². The third kappa shape index (κ3) is 4.10. The fourth-order valence-electron chi connectivity index (χ4n) is 1.82. The van der Waals surface area contributed by atoms with Gasteiger partial charge in [0.15, 0.2) is 5.65 Å². The van der Waals surface area contributed by atoms with Gasteiger partial charge in [0, 0.05) is 29.2 Å². The molecule has 0 bridgehead atoms. The third-order valence-corrected chi connectivity index (χ3v) is 3.58. The lowest BCUT2D eigenvalue weighted by Gasteiger charge is -2.18. The average molecular weight is 327 g/mol. The number of aromatic nitrogens is 3. The van der Waals surface area contributed by atoms with Crippen molar-refractivity contribution in [1.82, 2.24) is 15.0 Å². The van der Waals surface area contributed by atoms with Gasteiger partial charge in [0.1, 0.15) is 5.52 Å². The monoisotopic (exact) mass is 327 g/mol. The fourth-order valence-corrected chi connectivity index (χ4v) is 1.82. The van der Waals surface area contributed by atoms with E-state index in [-0.39, 0.29) is 11.5 Å². The Hall–Kier alpha value is -2.43. The maximum Gasteiger partial charge on any atom is 0.178 e. The molecule has 0 spiro atoms. The summed E-state index contributed by atoms with van der Waals surface area (Å²) in [7, 11) is 0. The zero-order valence-corrected chi connectivity index (χ0v) is 15.1. The van der Waals surface area contributed by atoms with Gasteiger partial charge in [0.05, 0.1) is 22.9 Å². The highest BCUT2D eigenvalue weighted by atomic mass is 16.3. The summed E-state index contributed by atoms with van der Waals surface area (Å²) in [6.07, 6.45) is 4.83. The lowest BCUT2D eigenvalue weighted by Crippen LogP contribution is -2.10. The Morgan fingerprint density at radius 1 is 0.875 bits per heavy atom. The Labute approximate surface area is 142 Å². The van der Waals surface area contributed by atoms with Gasteiger partial charge >= 0.3 is 0 Å². The number of aliphatic hydroxyl groups excluding tert-OH is 2. The van der Waals surface area contributed by atoms with Crippen molar-refractivity contribution in [2.45, 2.75) is 41.5 Å². The van der Waals surface area contributed by atoms with Crippen LogP contribution in [0, 0.1) is 10.8 Å². The minimum Gasteiger partial charge on any atom is -0.512 e. The fraction of sp³-hybridized carbons (Fsp3) is 0.421. The molecule has 0 saturated heterocycles. The lowest BCUT2D eigenvalue weighted by molar-refractivity contribution is 0.282. The molecule has 0 saturated carbocycles. The molecule has 5 nitrogen and oxygen atoms in total. The summed E-state index contributed by atoms with van der Waals surface area (Å²) in [4.78, 5) is 13.3. The molecule has 0 atom stereocenters. The van der Waals surface area contributed by atoms with Crippen LogP contribution in [0.15, 0.2) is 29.8 Å². The van der Waals surface area contributed by atoms with Crippen molar-refractivity contribution in [3.63, 3.8) is 0 Å². The van der Waals surface area contributed by atoms with Gasteiger partial charge in [-0.3, -0.25) is 0 Å². The second-order valence-electron chi connectivity index (χ2n) is 7.90. The molecule has 2 aromatic heterocycles. The summed E-state index contributed by atoms with van der Waals surface area (Å²) in [6, 6.07) is 3.61. The van der Waals surface area contributed by atoms with E-state index < -0.39 is 10.8 Å². The normalized spacial score (nSPS) is 14.2. The highest BCUT2D eigenvalue weighted by molar-refractivity contribution is 5.75. The molecule has 0 unspecified atom stereocenters. The number of allylic oxidation sites excluding steroid dienone is 2. The van der Waals surface area contributed by atoms with Crippen molar-refractivity contribution >= 4 is 23.3 Å². The van der Waals surface area contributed by atoms with E-state index in [9.17, 15) is 10.2 Å². The van der Waals surface area contributed by atoms with Crippen molar-refractivity contribution in [2.75, 3.05) is 0 Å². The minimum absolute atomic E-state index is 0.192. The molecule has 0 aromatic carbocycles. The predicted octanol–water partition coefficient (Wildman–Crippen LogP) is 4.91. The van der Waals surface area contributed by atoms with Crippen LogP contribution in [-0.4, -0.2) is 25.2 Å². The SMILES string of the molecule is CC(C)(C)/C(O)=C/c1nc2cccnc2nc1/C=C(\O)C(C)(C)C. The number of hydrogen-bond acceptors (Lipinski definition) is 5. The number of aliphatic hydroxyl groups is 2. The Balaban J connectivity index is 2.69. The number of nitrogens with zero attached hydrogens (tertiary/aromatic N) is 3. The standard InChI is InChI=1S/C19H25N3O2/c1-18(2,3)15(23)10-13-14(11-16(24)19(4,5)6)22-17-12(21-13)8-7-9-20-17/h7-11,23-24H,1-6H3/b15-10-,16-11-. The lowest BCUT2D eigenvalue weighted by atomic mass is 9.92. The first-order valence-corrected chi connectivity index (χ1v) is 7.93. The Morgan fingerprint density at radius 2 is 1.38 bits per heavy atom. The van der Waals surface area contributed by atoms with E-state index >= 15 is 0 Å². The number of fused-ring (bicyclic) bond motifs is 1. The quantitative estimate of drug-likeness (QED) is 0.766. The second-order valence-corrected chi connectivity index (χ2v) is 7.90. The van der Waals surface area contributed by atoms with Gasteiger partial charge in [0.25, 0.3) is 0 Å². The van der Waals surface area contributed by atoms with Gasteiger partial charge < -0.3 is 10.2 Å². The molecule has 0 radical (unpaired) electrons. The number of pyridine rings is 1. The average Bonchev–Trinajstić information content (AvgIpc) is 2.45. The zero-order valence-electron chi connectivity index (χ0n) is 15.1. The van der Waals surface area contributed by atoms with Gasteiger partial charge in [-0.05, 0) is 12.1 Å². The number of rotatable bonds is 2. The summed E-state index contributed by atoms with van der Waals surface area (Å²) in [5.74, 6) is 0.391. The molecule has 0 aliphatic rings. The number of hydrogen-bond donors (Lipinski definition) is 2. The molecule has 128 valence electrons. The molecule has 0 aliphatic heterocycles. The first kappa shape index (κ1) is 17.9. The van der Waals surface area contributed by atoms with Crippen LogP contribution in [0.4, 0.5) is 0 Å². The van der Waals surface area contributed by atoms with Gasteiger partial charge in [-0.25, -0.2) is 15.0 Å². The van der Waals surface area contributed by atoms with Crippen LogP contribution >= 0.6 is 0 Å². The van der Waals surface area contributed by atoms with E-state index in [0.717, 1.165) is 0 Å². The van der Waals surface area contributed by atoms with Gasteiger partial charge in [-0.2, -0.15) is 0 Å². The highest BCUT2D eigenvalue weighted by Crippen LogP contribution is 2.28. The summed E-state index contributed by atoms with van der Waals surface area (Å²) < 4.78 is 0. The maximum absolute atomic E-state index is 10.3. The molecular weight excluding hydrogens is 302 g/mol. The second kappa shape index (κ2) is 6.23. The van der Waals surface area contributed by atoms with Crippen LogP contribution in [0.2, 0.25) is 0 Å². The van der Waals surface area contributed by atoms with E-state index in [1.807, 2.05) is 47.6 Å². The van der Waals surface area contributed by atoms with Gasteiger partial charge in [-0.15, -0.1) is 0 Å².